The topological polar surface area (TPSA) is 25.8 Å². The first-order valence-electron chi connectivity index (χ1n) is 12.3. The summed E-state index contributed by atoms with van der Waals surface area (Å²) in [4.78, 5) is 9.85. The molecule has 0 aliphatic heterocycles. The lowest BCUT2D eigenvalue weighted by Crippen LogP contribution is -1.97. The molecule has 4 aromatic carbocycles. The predicted octanol–water partition coefficient (Wildman–Crippen LogP) is 10.3. The maximum atomic E-state index is 5.27. The lowest BCUT2D eigenvalue weighted by atomic mass is 9.90. The van der Waals surface area contributed by atoms with Gasteiger partial charge in [0.25, 0.3) is 0 Å². The quantitative estimate of drug-likeness (QED) is 0.192. The fraction of sp³-hybridized carbons (Fsp3) is 0. The molecule has 182 valence electrons. The van der Waals surface area contributed by atoms with Crippen LogP contribution in [-0.2, 0) is 0 Å². The van der Waals surface area contributed by atoms with Gasteiger partial charge in [0.2, 0.25) is 0 Å². The Morgan fingerprint density at radius 1 is 0.447 bits per heavy atom. The van der Waals surface area contributed by atoms with Crippen LogP contribution in [0.15, 0.2) is 143 Å². The maximum Gasteiger partial charge on any atom is 0.0894 e. The first kappa shape index (κ1) is 24.5. The van der Waals surface area contributed by atoms with E-state index in [0.717, 1.165) is 65.0 Å². The minimum absolute atomic E-state index is 0.838. The first-order valence-corrected chi connectivity index (χ1v) is 13.9. The van der Waals surface area contributed by atoms with E-state index in [1.165, 1.54) is 0 Å². The largest absolute Gasteiger partial charge is 0.255 e. The third-order valence-corrected chi connectivity index (χ3v) is 7.69. The number of benzene rings is 4. The van der Waals surface area contributed by atoms with E-state index < -0.39 is 0 Å². The van der Waals surface area contributed by atoms with E-state index in [1.807, 2.05) is 36.5 Å². The van der Waals surface area contributed by atoms with Gasteiger partial charge in [-0.25, -0.2) is 4.98 Å². The van der Waals surface area contributed by atoms with Crippen LogP contribution < -0.4 is 0 Å². The fourth-order valence-electron chi connectivity index (χ4n) is 4.65. The van der Waals surface area contributed by atoms with Crippen LogP contribution >= 0.6 is 31.9 Å². The molecule has 2 heterocycles. The van der Waals surface area contributed by atoms with Gasteiger partial charge < -0.3 is 0 Å². The highest BCUT2D eigenvalue weighted by Gasteiger charge is 2.19. The third kappa shape index (κ3) is 4.98. The van der Waals surface area contributed by atoms with E-state index in [0.29, 0.717) is 0 Å². The summed E-state index contributed by atoms with van der Waals surface area (Å²) >= 11 is 7.45. The van der Waals surface area contributed by atoms with Crippen LogP contribution in [0.4, 0.5) is 0 Å². The van der Waals surface area contributed by atoms with E-state index >= 15 is 0 Å². The van der Waals surface area contributed by atoms with Gasteiger partial charge in [0.15, 0.2) is 0 Å². The van der Waals surface area contributed by atoms with Crippen molar-refractivity contribution < 1.29 is 0 Å². The van der Waals surface area contributed by atoms with Crippen molar-refractivity contribution in [2.75, 3.05) is 0 Å². The van der Waals surface area contributed by atoms with Crippen LogP contribution in [0.25, 0.3) is 56.0 Å². The predicted molar refractivity (Wildman–Crippen MR) is 165 cm³/mol. The number of halogens is 2. The Hall–Kier alpha value is -3.86. The standard InChI is InChI=1S/C34H22Br2N2/c35-26-16-14-25(15-17-26)27-18-19-33(32-13-7-8-20-37-32)38-34(27)30-21-29(24-11-5-2-6-12-24)31(36)22-28(30)23-9-3-1-4-10-23/h1-22H. The smallest absolute Gasteiger partial charge is 0.0894 e. The van der Waals surface area contributed by atoms with Gasteiger partial charge in [0.05, 0.1) is 17.1 Å². The number of aromatic nitrogens is 2. The molecular formula is C34H22Br2N2. The highest BCUT2D eigenvalue weighted by molar-refractivity contribution is 9.10. The van der Waals surface area contributed by atoms with Crippen molar-refractivity contribution in [3.8, 4) is 56.0 Å². The highest BCUT2D eigenvalue weighted by atomic mass is 79.9. The molecular weight excluding hydrogens is 596 g/mol. The molecule has 2 aromatic heterocycles. The molecule has 0 N–H and O–H groups in total. The van der Waals surface area contributed by atoms with Gasteiger partial charge in [-0.3, -0.25) is 4.98 Å². The van der Waals surface area contributed by atoms with Gasteiger partial charge in [-0.05, 0) is 76.3 Å². The van der Waals surface area contributed by atoms with E-state index in [9.17, 15) is 0 Å². The number of rotatable bonds is 5. The van der Waals surface area contributed by atoms with Crippen molar-refractivity contribution in [1.82, 2.24) is 9.97 Å². The molecule has 4 heteroatoms. The molecule has 0 radical (unpaired) electrons. The Balaban J connectivity index is 1.67. The molecule has 0 aliphatic rings. The number of hydrogen-bond donors (Lipinski definition) is 0. The molecule has 0 aliphatic carbocycles. The Labute approximate surface area is 239 Å². The minimum Gasteiger partial charge on any atom is -0.255 e. The van der Waals surface area contributed by atoms with Crippen LogP contribution in [0.3, 0.4) is 0 Å². The molecule has 2 nitrogen and oxygen atoms in total. The van der Waals surface area contributed by atoms with E-state index in [4.69, 9.17) is 4.98 Å². The molecule has 0 saturated carbocycles. The number of hydrogen-bond acceptors (Lipinski definition) is 2. The molecule has 0 saturated heterocycles. The second kappa shape index (κ2) is 10.9. The van der Waals surface area contributed by atoms with Crippen molar-refractivity contribution in [1.29, 1.82) is 0 Å². The second-order valence-corrected chi connectivity index (χ2v) is 10.7. The second-order valence-electron chi connectivity index (χ2n) is 8.92. The Morgan fingerprint density at radius 3 is 1.74 bits per heavy atom. The molecule has 0 unspecified atom stereocenters. The summed E-state index contributed by atoms with van der Waals surface area (Å²) in [7, 11) is 0. The number of nitrogens with zero attached hydrogens (tertiary/aromatic N) is 2. The van der Waals surface area contributed by atoms with Crippen LogP contribution in [0, 0.1) is 0 Å². The van der Waals surface area contributed by atoms with E-state index in [-0.39, 0.29) is 0 Å². The first-order chi connectivity index (χ1) is 18.7. The van der Waals surface area contributed by atoms with Gasteiger partial charge >= 0.3 is 0 Å². The SMILES string of the molecule is Brc1ccc(-c2ccc(-c3ccccn3)nc2-c2cc(-c3ccccc3)c(Br)cc2-c2ccccc2)cc1. The molecule has 38 heavy (non-hydrogen) atoms. The van der Waals surface area contributed by atoms with E-state index in [1.54, 1.807) is 0 Å². The van der Waals surface area contributed by atoms with Crippen LogP contribution in [0.1, 0.15) is 0 Å². The van der Waals surface area contributed by atoms with Crippen LogP contribution in [-0.4, -0.2) is 9.97 Å². The normalized spacial score (nSPS) is 10.9. The molecule has 0 fully saturated rings. The zero-order chi connectivity index (χ0) is 25.9. The van der Waals surface area contributed by atoms with Gasteiger partial charge in [-0.15, -0.1) is 0 Å². The average molecular weight is 618 g/mol. The summed E-state index contributed by atoms with van der Waals surface area (Å²) in [5, 5.41) is 0. The fourth-order valence-corrected chi connectivity index (χ4v) is 5.49. The monoisotopic (exact) mass is 616 g/mol. The lowest BCUT2D eigenvalue weighted by Gasteiger charge is -2.18. The van der Waals surface area contributed by atoms with Crippen molar-refractivity contribution >= 4 is 31.9 Å². The Kier molecular flexibility index (Phi) is 7.00. The van der Waals surface area contributed by atoms with Gasteiger partial charge in [0, 0.05) is 26.3 Å². The van der Waals surface area contributed by atoms with Crippen LogP contribution in [0.5, 0.6) is 0 Å². The molecule has 0 amide bonds. The zero-order valence-electron chi connectivity index (χ0n) is 20.4. The van der Waals surface area contributed by atoms with Crippen molar-refractivity contribution in [3.63, 3.8) is 0 Å². The average Bonchev–Trinajstić information content (AvgIpc) is 2.98. The summed E-state index contributed by atoms with van der Waals surface area (Å²) in [6.45, 7) is 0. The lowest BCUT2D eigenvalue weighted by molar-refractivity contribution is 1.25. The van der Waals surface area contributed by atoms with Gasteiger partial charge in [0.1, 0.15) is 0 Å². The van der Waals surface area contributed by atoms with Gasteiger partial charge in [-0.2, -0.15) is 0 Å². The summed E-state index contributed by atoms with van der Waals surface area (Å²) in [6.07, 6.45) is 1.81. The number of pyridine rings is 2. The van der Waals surface area contributed by atoms with Crippen LogP contribution in [0.2, 0.25) is 0 Å². The zero-order valence-corrected chi connectivity index (χ0v) is 23.5. The molecule has 0 spiro atoms. The minimum atomic E-state index is 0.838. The third-order valence-electron chi connectivity index (χ3n) is 6.51. The van der Waals surface area contributed by atoms with Gasteiger partial charge in [-0.1, -0.05) is 111 Å². The summed E-state index contributed by atoms with van der Waals surface area (Å²) in [6, 6.07) is 44.0. The highest BCUT2D eigenvalue weighted by Crippen LogP contribution is 2.43. The molecule has 6 rings (SSSR count). The maximum absolute atomic E-state index is 5.27. The van der Waals surface area contributed by atoms with Crippen molar-refractivity contribution in [2.45, 2.75) is 0 Å². The Morgan fingerprint density at radius 2 is 1.08 bits per heavy atom. The molecule has 0 atom stereocenters. The summed E-state index contributed by atoms with van der Waals surface area (Å²) in [5.41, 5.74) is 10.3. The summed E-state index contributed by atoms with van der Waals surface area (Å²) in [5.74, 6) is 0. The Bertz CT molecular complexity index is 1700. The van der Waals surface area contributed by atoms with E-state index in [2.05, 4.69) is 134 Å². The molecule has 6 aromatic rings. The van der Waals surface area contributed by atoms with Crippen molar-refractivity contribution in [2.24, 2.45) is 0 Å². The summed E-state index contributed by atoms with van der Waals surface area (Å²) < 4.78 is 2.08. The molecule has 0 bridgehead atoms. The van der Waals surface area contributed by atoms with Crippen molar-refractivity contribution in [3.05, 3.63) is 143 Å².